The molecule has 0 aromatic heterocycles. The van der Waals surface area contributed by atoms with Gasteiger partial charge >= 0.3 is 0 Å². The van der Waals surface area contributed by atoms with Gasteiger partial charge in [0.25, 0.3) is 12.3 Å². The minimum absolute atomic E-state index is 0.00136. The first-order valence-corrected chi connectivity index (χ1v) is 19.7. The fraction of sp³-hybridized carbons (Fsp3) is 0.629. The molecule has 0 radical (unpaired) electrons. The summed E-state index contributed by atoms with van der Waals surface area (Å²) in [7, 11) is 0. The number of aliphatic hydroxyl groups excluding tert-OH is 7. The maximum absolute atomic E-state index is 14.3. The molecule has 3 heterocycles. The Morgan fingerprint density at radius 3 is 2.18 bits per heavy atom. The van der Waals surface area contributed by atoms with Crippen molar-refractivity contribution < 1.29 is 88.4 Å². The Morgan fingerprint density at radius 2 is 1.53 bits per heavy atom. The highest BCUT2D eigenvalue weighted by Gasteiger charge is 2.50. The van der Waals surface area contributed by atoms with E-state index in [-0.39, 0.29) is 24.4 Å². The van der Waals surface area contributed by atoms with Crippen LogP contribution in [0.1, 0.15) is 44.8 Å². The zero-order chi connectivity index (χ0) is 46.2. The van der Waals surface area contributed by atoms with Crippen LogP contribution in [0.3, 0.4) is 0 Å². The highest BCUT2D eigenvalue weighted by molar-refractivity contribution is 7.90. The average Bonchev–Trinajstić information content (AvgIpc) is 3.77. The molecule has 3 aliphatic heterocycles. The number of β-amino-alcohol motifs (C(OH)–C–C–N with tert-alkyl or cyclic N) is 1. The second-order valence-corrected chi connectivity index (χ2v) is 15.6. The van der Waals surface area contributed by atoms with Crippen molar-refractivity contribution in [1.29, 1.82) is 5.26 Å². The smallest absolute Gasteiger partial charge is 0.261 e. The minimum atomic E-state index is -2.44. The first-order valence-electron chi connectivity index (χ1n) is 19.0. The van der Waals surface area contributed by atoms with Gasteiger partial charge in [-0.3, -0.25) is 28.8 Å². The van der Waals surface area contributed by atoms with E-state index in [1.54, 1.807) is 6.07 Å². The number of hydrogen-bond acceptors (Lipinski definition) is 21. The van der Waals surface area contributed by atoms with Crippen molar-refractivity contribution in [3.63, 3.8) is 0 Å². The van der Waals surface area contributed by atoms with Crippen molar-refractivity contribution in [2.24, 2.45) is 11.7 Å². The lowest BCUT2D eigenvalue weighted by Gasteiger charge is -2.34. The SMILES string of the molecule is CC(O)C1NC(=O)[C@@H](N)C[C@H](O)CNC(=O)C2[C@@H](O)C(C)CN2C(=O)[C@H]([C@H](O)CC#N)NC(=O)C([C@H](O)[C@@H](O)c2ccc(O)c(OSOOO)c2)NC(=O)C2CC(O)CN2C1=O. The van der Waals surface area contributed by atoms with Gasteiger partial charge < -0.3 is 81.8 Å². The molecule has 26 nitrogen and oxygen atoms in total. The number of aliphatic hydroxyl groups is 7. The van der Waals surface area contributed by atoms with E-state index in [1.165, 1.54) is 6.92 Å². The Labute approximate surface area is 356 Å². The van der Waals surface area contributed by atoms with Gasteiger partial charge in [-0.2, -0.15) is 5.26 Å². The number of phenolic OH excluding ortho intramolecular Hbond substituents is 1. The van der Waals surface area contributed by atoms with Crippen molar-refractivity contribution in [3.05, 3.63) is 23.8 Å². The summed E-state index contributed by atoms with van der Waals surface area (Å²) in [6.45, 7) is 1.09. The van der Waals surface area contributed by atoms with Gasteiger partial charge in [0, 0.05) is 32.0 Å². The first kappa shape index (κ1) is 49.7. The van der Waals surface area contributed by atoms with Crippen LogP contribution in [0, 0.1) is 17.2 Å². The van der Waals surface area contributed by atoms with E-state index in [4.69, 9.17) is 15.2 Å². The average molecular weight is 903 g/mol. The van der Waals surface area contributed by atoms with Crippen molar-refractivity contribution in [2.45, 2.75) is 112 Å². The van der Waals surface area contributed by atoms with Gasteiger partial charge in [-0.25, -0.2) is 5.26 Å². The van der Waals surface area contributed by atoms with E-state index in [1.807, 2.05) is 0 Å². The summed E-state index contributed by atoms with van der Waals surface area (Å²) >= 11 is -0.00136. The molecule has 3 aliphatic rings. The molecule has 27 heteroatoms. The molecule has 3 saturated heterocycles. The molecule has 0 spiro atoms. The quantitative estimate of drug-likeness (QED) is 0.0449. The number of carbonyl (C=O) groups is 6. The molecule has 1 aromatic carbocycles. The third-order valence-corrected chi connectivity index (χ3v) is 10.9. The van der Waals surface area contributed by atoms with Gasteiger partial charge in [0.05, 0.1) is 49.1 Å². The van der Waals surface area contributed by atoms with Crippen LogP contribution in [0.25, 0.3) is 0 Å². The van der Waals surface area contributed by atoms with Gasteiger partial charge in [0.2, 0.25) is 35.4 Å². The number of hydrogen-bond donors (Lipinski definition) is 14. The highest BCUT2D eigenvalue weighted by atomic mass is 32.2. The van der Waals surface area contributed by atoms with E-state index >= 15 is 0 Å². The largest absolute Gasteiger partial charge is 0.504 e. The van der Waals surface area contributed by atoms with Gasteiger partial charge in [-0.1, -0.05) is 22.4 Å². The number of carbonyl (C=O) groups excluding carboxylic acids is 6. The van der Waals surface area contributed by atoms with E-state index < -0.39 is 164 Å². The third-order valence-electron chi connectivity index (χ3n) is 10.6. The number of amides is 6. The Kier molecular flexibility index (Phi) is 17.6. The van der Waals surface area contributed by atoms with Crippen LogP contribution in [0.4, 0.5) is 0 Å². The highest BCUT2D eigenvalue weighted by Crippen LogP contribution is 2.34. The summed E-state index contributed by atoms with van der Waals surface area (Å²) in [4.78, 5) is 84.8. The number of aromatic hydroxyl groups is 1. The summed E-state index contributed by atoms with van der Waals surface area (Å²) in [5.41, 5.74) is 5.68. The summed E-state index contributed by atoms with van der Waals surface area (Å²) in [5, 5.41) is 117. The molecule has 14 atom stereocenters. The van der Waals surface area contributed by atoms with Crippen LogP contribution in [0.5, 0.6) is 11.5 Å². The number of nitrogens with one attached hydrogen (secondary N) is 4. The predicted octanol–water partition coefficient (Wildman–Crippen LogP) is -6.36. The second kappa shape index (κ2) is 21.9. The number of nitrogens with zero attached hydrogens (tertiary/aromatic N) is 3. The molecule has 3 fully saturated rings. The number of nitriles is 1. The lowest BCUT2D eigenvalue weighted by molar-refractivity contribution is -0.433. The Hall–Kier alpha value is -4.96. The molecule has 0 saturated carbocycles. The van der Waals surface area contributed by atoms with E-state index in [0.717, 1.165) is 34.9 Å². The van der Waals surface area contributed by atoms with Crippen molar-refractivity contribution in [3.8, 4) is 17.6 Å². The van der Waals surface area contributed by atoms with Gasteiger partial charge in [0.15, 0.2) is 11.5 Å². The minimum Gasteiger partial charge on any atom is -0.504 e. The lowest BCUT2D eigenvalue weighted by Crippen LogP contribution is -2.64. The zero-order valence-electron chi connectivity index (χ0n) is 33.1. The van der Waals surface area contributed by atoms with Crippen molar-refractivity contribution in [1.82, 2.24) is 31.1 Å². The summed E-state index contributed by atoms with van der Waals surface area (Å²) in [6.07, 6.45) is -14.7. The lowest BCUT2D eigenvalue weighted by atomic mass is 9.96. The van der Waals surface area contributed by atoms with Crippen LogP contribution in [0.2, 0.25) is 0 Å². The summed E-state index contributed by atoms with van der Waals surface area (Å²) in [6, 6.07) is -6.72. The monoisotopic (exact) mass is 902 g/mol. The van der Waals surface area contributed by atoms with Crippen LogP contribution < -0.4 is 31.2 Å². The molecule has 1 aromatic rings. The standard InChI is InChI=1S/C35H50N8O18S/c1-13-11-43-26(27(13)49)33(55)38-10-16(45)8-18(37)30(52)39-23(14(2)44)34(56)42-12-17(46)9-19(42)31(53)41-25(32(54)40-24(35(43)57)21(48)5-6-36)29(51)28(50)15-3-4-20(47)22(7-15)59-62-61-60-58/h3-4,7,13-14,16-19,21,23-29,44-51,58H,5,8-12,37H2,1-2H3,(H,38,55)(H,39,52)(H,40,54)(H,41,53)/t13?,14?,16-,17?,18-,19?,21+,23?,24-,25?,26?,27-,28-,29-/m0/s1. The Balaban J connectivity index is 1.83. The maximum Gasteiger partial charge on any atom is 0.261 e. The Morgan fingerprint density at radius 1 is 0.887 bits per heavy atom. The van der Waals surface area contributed by atoms with Crippen LogP contribution >= 0.6 is 12.3 Å². The second-order valence-electron chi connectivity index (χ2n) is 15.1. The molecular weight excluding hydrogens is 852 g/mol. The molecule has 0 aliphatic carbocycles. The topological polar surface area (TPSA) is 417 Å². The predicted molar refractivity (Wildman–Crippen MR) is 204 cm³/mol. The Bertz CT molecular complexity index is 1840. The number of rotatable bonds is 10. The van der Waals surface area contributed by atoms with Crippen molar-refractivity contribution >= 4 is 47.8 Å². The van der Waals surface area contributed by atoms with Crippen molar-refractivity contribution in [2.75, 3.05) is 19.6 Å². The maximum atomic E-state index is 14.3. The third kappa shape index (κ3) is 11.7. The summed E-state index contributed by atoms with van der Waals surface area (Å²) in [5.74, 6) is -9.06. The van der Waals surface area contributed by atoms with Gasteiger partial charge in [0.1, 0.15) is 42.4 Å². The van der Waals surface area contributed by atoms with E-state index in [9.17, 15) is 74.9 Å². The van der Waals surface area contributed by atoms with E-state index in [2.05, 4.69) is 30.6 Å². The van der Waals surface area contributed by atoms with Gasteiger partial charge in [-0.15, -0.1) is 0 Å². The summed E-state index contributed by atoms with van der Waals surface area (Å²) < 4.78 is 9.09. The first-order chi connectivity index (χ1) is 29.2. The molecule has 62 heavy (non-hydrogen) atoms. The number of benzene rings is 1. The fourth-order valence-electron chi connectivity index (χ4n) is 7.23. The van der Waals surface area contributed by atoms with Gasteiger partial charge in [-0.05, 0) is 31.0 Å². The van der Waals surface area contributed by atoms with Crippen LogP contribution in [-0.4, -0.2) is 184 Å². The molecular formula is C35H50N8O18S. The fourth-order valence-corrected chi connectivity index (χ4v) is 7.49. The normalized spacial score (nSPS) is 31.5. The molecule has 344 valence electrons. The zero-order valence-corrected chi connectivity index (χ0v) is 33.9. The van der Waals surface area contributed by atoms with Crippen LogP contribution in [0.15, 0.2) is 18.2 Å². The molecule has 6 amide bonds. The molecule has 7 unspecified atom stereocenters. The molecule has 0 bridgehead atoms. The van der Waals surface area contributed by atoms with E-state index in [0.29, 0.717) is 0 Å². The number of fused-ring (bicyclic) bond motifs is 2. The number of phenols is 1. The molecule has 4 rings (SSSR count). The van der Waals surface area contributed by atoms with Crippen LogP contribution in [-0.2, 0) is 38.1 Å². The number of nitrogens with two attached hydrogens (primary N) is 1. The molecule has 15 N–H and O–H groups in total.